The zero-order valence-electron chi connectivity index (χ0n) is 10.1. The van der Waals surface area contributed by atoms with Gasteiger partial charge in [0.25, 0.3) is 0 Å². The van der Waals surface area contributed by atoms with Crippen molar-refractivity contribution in [1.29, 1.82) is 0 Å². The van der Waals surface area contributed by atoms with Crippen molar-refractivity contribution in [3.8, 4) is 0 Å². The molecule has 2 aromatic rings. The molecular weight excluding hydrogens is 313 g/mol. The second-order valence-electron chi connectivity index (χ2n) is 5.27. The molecule has 0 saturated carbocycles. The zero-order valence-corrected chi connectivity index (χ0v) is 11.7. The summed E-state index contributed by atoms with van der Waals surface area (Å²) in [5, 5.41) is 0. The number of fused-ring (bicyclic) bond motifs is 3. The highest BCUT2D eigenvalue weighted by atomic mass is 79.9. The van der Waals surface area contributed by atoms with Crippen molar-refractivity contribution < 1.29 is 9.13 Å². The van der Waals surface area contributed by atoms with E-state index in [1.54, 1.807) is 6.07 Å². The average Bonchev–Trinajstić information content (AvgIpc) is 3.03. The molecule has 3 atom stereocenters. The molecule has 19 heavy (non-hydrogen) atoms. The van der Waals surface area contributed by atoms with E-state index in [9.17, 15) is 4.39 Å². The van der Waals surface area contributed by atoms with Gasteiger partial charge < -0.3 is 15.0 Å². The second-order valence-corrected chi connectivity index (χ2v) is 6.13. The Balaban J connectivity index is 1.89. The smallest absolute Gasteiger partial charge is 0.201 e. The molecule has 100 valence electrons. The maximum absolute atomic E-state index is 13.6. The molecule has 3 unspecified atom stereocenters. The quantitative estimate of drug-likeness (QED) is 0.876. The molecule has 2 saturated heterocycles. The number of halogens is 2. The van der Waals surface area contributed by atoms with Crippen LogP contribution in [0.1, 0.15) is 25.3 Å². The molecule has 4 rings (SSSR count). The summed E-state index contributed by atoms with van der Waals surface area (Å²) in [6.07, 6.45) is 3.72. The fraction of sp³-hybridized carbons (Fsp3) is 0.462. The lowest BCUT2D eigenvalue weighted by atomic mass is 9.95. The minimum Gasteiger partial charge on any atom is -0.373 e. The Morgan fingerprint density at radius 2 is 2.26 bits per heavy atom. The van der Waals surface area contributed by atoms with Crippen LogP contribution in [0.3, 0.4) is 0 Å². The SMILES string of the molecule is Nc1nc2cc(F)c(Br)cc2n1C1CC2CCC1O2. The first-order valence-electron chi connectivity index (χ1n) is 6.41. The van der Waals surface area contributed by atoms with E-state index in [-0.39, 0.29) is 18.0 Å². The van der Waals surface area contributed by atoms with Crippen LogP contribution in [0, 0.1) is 5.82 Å². The predicted octanol–water partition coefficient (Wildman–Crippen LogP) is 3.01. The van der Waals surface area contributed by atoms with Gasteiger partial charge in [0.15, 0.2) is 0 Å². The average molecular weight is 326 g/mol. The Morgan fingerprint density at radius 1 is 1.42 bits per heavy atom. The standard InChI is InChI=1S/C13H13BrFN3O/c14-7-4-10-9(5-8(7)15)17-13(16)18(10)11-3-6-1-2-12(11)19-6/h4-6,11-12H,1-3H2,(H2,16,17). The number of rotatable bonds is 1. The first-order chi connectivity index (χ1) is 9.13. The molecule has 1 aromatic heterocycles. The van der Waals surface area contributed by atoms with Crippen LogP contribution in [0.25, 0.3) is 11.0 Å². The molecule has 0 amide bonds. The Morgan fingerprint density at radius 3 is 2.95 bits per heavy atom. The first-order valence-corrected chi connectivity index (χ1v) is 7.20. The summed E-state index contributed by atoms with van der Waals surface area (Å²) in [5.41, 5.74) is 7.49. The van der Waals surface area contributed by atoms with Crippen LogP contribution in [-0.4, -0.2) is 21.8 Å². The normalized spacial score (nSPS) is 29.5. The van der Waals surface area contributed by atoms with Crippen molar-refractivity contribution in [2.24, 2.45) is 0 Å². The summed E-state index contributed by atoms with van der Waals surface area (Å²) < 4.78 is 21.9. The van der Waals surface area contributed by atoms with E-state index >= 15 is 0 Å². The highest BCUT2D eigenvalue weighted by Crippen LogP contribution is 2.44. The number of nitrogens with zero attached hydrogens (tertiary/aromatic N) is 2. The van der Waals surface area contributed by atoms with E-state index in [0.717, 1.165) is 24.8 Å². The summed E-state index contributed by atoms with van der Waals surface area (Å²) in [7, 11) is 0. The number of imidazole rings is 1. The zero-order chi connectivity index (χ0) is 13.1. The highest BCUT2D eigenvalue weighted by Gasteiger charge is 2.42. The molecule has 0 spiro atoms. The summed E-state index contributed by atoms with van der Waals surface area (Å²) in [5.74, 6) is 0.120. The second kappa shape index (κ2) is 3.93. The number of hydrogen-bond acceptors (Lipinski definition) is 3. The number of hydrogen-bond donors (Lipinski definition) is 1. The van der Waals surface area contributed by atoms with Crippen molar-refractivity contribution >= 4 is 32.9 Å². The maximum Gasteiger partial charge on any atom is 0.201 e. The number of nitrogen functional groups attached to an aromatic ring is 1. The largest absolute Gasteiger partial charge is 0.373 e. The van der Waals surface area contributed by atoms with E-state index in [0.29, 0.717) is 22.0 Å². The lowest BCUT2D eigenvalue weighted by Crippen LogP contribution is -2.22. The van der Waals surface area contributed by atoms with Crippen molar-refractivity contribution in [3.63, 3.8) is 0 Å². The van der Waals surface area contributed by atoms with Gasteiger partial charge in [-0.1, -0.05) is 0 Å². The van der Waals surface area contributed by atoms with Crippen molar-refractivity contribution in [1.82, 2.24) is 9.55 Å². The molecular formula is C13H13BrFN3O. The summed E-state index contributed by atoms with van der Waals surface area (Å²) in [6, 6.07) is 3.39. The van der Waals surface area contributed by atoms with Crippen LogP contribution in [0.5, 0.6) is 0 Å². The Hall–Kier alpha value is -1.14. The van der Waals surface area contributed by atoms with Gasteiger partial charge in [-0.05, 0) is 41.3 Å². The van der Waals surface area contributed by atoms with E-state index < -0.39 is 0 Å². The van der Waals surface area contributed by atoms with Gasteiger partial charge in [0.2, 0.25) is 5.95 Å². The van der Waals surface area contributed by atoms with Gasteiger partial charge in [0.1, 0.15) is 5.82 Å². The van der Waals surface area contributed by atoms with Gasteiger partial charge in [0.05, 0.1) is 33.8 Å². The molecule has 2 fully saturated rings. The van der Waals surface area contributed by atoms with Crippen LogP contribution < -0.4 is 5.73 Å². The Bertz CT molecular complexity index is 671. The number of benzene rings is 1. The third-order valence-electron chi connectivity index (χ3n) is 4.16. The lowest BCUT2D eigenvalue weighted by molar-refractivity contribution is 0.0945. The molecule has 1 aromatic carbocycles. The molecule has 6 heteroatoms. The number of aromatic nitrogens is 2. The van der Waals surface area contributed by atoms with Crippen LogP contribution in [0.15, 0.2) is 16.6 Å². The third-order valence-corrected chi connectivity index (χ3v) is 4.77. The van der Waals surface area contributed by atoms with Crippen molar-refractivity contribution in [2.75, 3.05) is 5.73 Å². The number of nitrogens with two attached hydrogens (primary N) is 1. The minimum absolute atomic E-state index is 0.216. The Labute approximate surface area is 117 Å². The summed E-state index contributed by atoms with van der Waals surface area (Å²) in [6.45, 7) is 0. The fourth-order valence-corrected chi connectivity index (χ4v) is 3.67. The summed E-state index contributed by atoms with van der Waals surface area (Å²) in [4.78, 5) is 4.27. The Kier molecular flexibility index (Phi) is 2.41. The molecule has 0 aliphatic carbocycles. The van der Waals surface area contributed by atoms with E-state index in [4.69, 9.17) is 10.5 Å². The van der Waals surface area contributed by atoms with Crippen molar-refractivity contribution in [2.45, 2.75) is 37.5 Å². The first kappa shape index (κ1) is 11.7. The summed E-state index contributed by atoms with van der Waals surface area (Å²) >= 11 is 3.22. The van der Waals surface area contributed by atoms with Crippen LogP contribution in [0.4, 0.5) is 10.3 Å². The van der Waals surface area contributed by atoms with Gasteiger partial charge in [0, 0.05) is 6.07 Å². The number of ether oxygens (including phenoxy) is 1. The van der Waals surface area contributed by atoms with Crippen molar-refractivity contribution in [3.05, 3.63) is 22.4 Å². The molecule has 0 radical (unpaired) electrons. The maximum atomic E-state index is 13.6. The topological polar surface area (TPSA) is 53.1 Å². The fourth-order valence-electron chi connectivity index (χ4n) is 3.34. The highest BCUT2D eigenvalue weighted by molar-refractivity contribution is 9.10. The minimum atomic E-state index is -0.318. The van der Waals surface area contributed by atoms with E-state index in [1.165, 1.54) is 6.07 Å². The van der Waals surface area contributed by atoms with E-state index in [1.807, 2.05) is 4.57 Å². The van der Waals surface area contributed by atoms with Crippen LogP contribution in [0.2, 0.25) is 0 Å². The monoisotopic (exact) mass is 325 g/mol. The van der Waals surface area contributed by atoms with Gasteiger partial charge >= 0.3 is 0 Å². The predicted molar refractivity (Wildman–Crippen MR) is 73.4 cm³/mol. The molecule has 2 aliphatic rings. The van der Waals surface area contributed by atoms with E-state index in [2.05, 4.69) is 20.9 Å². The molecule has 4 nitrogen and oxygen atoms in total. The van der Waals surface area contributed by atoms with Crippen LogP contribution in [-0.2, 0) is 4.74 Å². The third kappa shape index (κ3) is 1.63. The molecule has 2 N–H and O–H groups in total. The number of anilines is 1. The lowest BCUT2D eigenvalue weighted by Gasteiger charge is -2.22. The van der Waals surface area contributed by atoms with Gasteiger partial charge in [-0.25, -0.2) is 9.37 Å². The molecule has 3 heterocycles. The van der Waals surface area contributed by atoms with Gasteiger partial charge in [-0.15, -0.1) is 0 Å². The molecule has 2 aliphatic heterocycles. The molecule has 2 bridgehead atoms. The van der Waals surface area contributed by atoms with Gasteiger partial charge in [-0.2, -0.15) is 0 Å². The van der Waals surface area contributed by atoms with Gasteiger partial charge in [-0.3, -0.25) is 0 Å². The van der Waals surface area contributed by atoms with Crippen LogP contribution >= 0.6 is 15.9 Å².